The van der Waals surface area contributed by atoms with Crippen LogP contribution in [0.25, 0.3) is 10.2 Å². The third-order valence-corrected chi connectivity index (χ3v) is 4.98. The topological polar surface area (TPSA) is 83.9 Å². The number of aromatic nitrogens is 4. The van der Waals surface area contributed by atoms with Crippen molar-refractivity contribution in [3.63, 3.8) is 0 Å². The molecule has 1 N–H and O–H groups in total. The minimum atomic E-state index is -0.236. The van der Waals surface area contributed by atoms with Crippen molar-refractivity contribution in [1.82, 2.24) is 18.7 Å². The molecule has 4 rings (SSSR count). The first-order valence-electron chi connectivity index (χ1n) is 6.86. The monoisotopic (exact) mass is 332 g/mol. The predicted molar refractivity (Wildman–Crippen MR) is 86.3 cm³/mol. The van der Waals surface area contributed by atoms with E-state index in [1.165, 1.54) is 0 Å². The summed E-state index contributed by atoms with van der Waals surface area (Å²) in [5, 5.41) is 5.82. The second kappa shape index (κ2) is 5.58. The Morgan fingerprint density at radius 2 is 2.36 bits per heavy atom. The van der Waals surface area contributed by atoms with Crippen molar-refractivity contribution in [2.75, 3.05) is 16.8 Å². The summed E-state index contributed by atoms with van der Waals surface area (Å²) in [6.45, 7) is 0.815. The number of amides is 1. The Hall–Kier alpha value is -2.13. The Morgan fingerprint density at radius 3 is 3.23 bits per heavy atom. The van der Waals surface area contributed by atoms with Crippen LogP contribution in [-0.4, -0.2) is 37.2 Å². The molecule has 1 aliphatic heterocycles. The zero-order chi connectivity index (χ0) is 14.9. The van der Waals surface area contributed by atoms with Crippen molar-refractivity contribution in [2.45, 2.75) is 18.9 Å². The molecular formula is C13H12N6OS2. The average molecular weight is 332 g/mol. The van der Waals surface area contributed by atoms with Gasteiger partial charge in [0.25, 0.3) is 0 Å². The fourth-order valence-electron chi connectivity index (χ4n) is 2.73. The summed E-state index contributed by atoms with van der Waals surface area (Å²) in [4.78, 5) is 24.2. The van der Waals surface area contributed by atoms with Crippen LogP contribution in [0, 0.1) is 0 Å². The number of carbonyl (C=O) groups excluding carboxylic acids is 1. The molecule has 0 aliphatic carbocycles. The van der Waals surface area contributed by atoms with Crippen LogP contribution >= 0.6 is 23.1 Å². The molecular weight excluding hydrogens is 320 g/mol. The van der Waals surface area contributed by atoms with Gasteiger partial charge in [-0.15, -0.1) is 11.3 Å². The Kier molecular flexibility index (Phi) is 3.43. The van der Waals surface area contributed by atoms with Crippen molar-refractivity contribution in [2.24, 2.45) is 0 Å². The number of nitrogens with one attached hydrogen (secondary N) is 1. The van der Waals surface area contributed by atoms with Crippen LogP contribution in [0.4, 0.5) is 11.6 Å². The number of rotatable bonds is 3. The van der Waals surface area contributed by atoms with Crippen molar-refractivity contribution < 1.29 is 4.79 Å². The number of carbonyl (C=O) groups is 1. The summed E-state index contributed by atoms with van der Waals surface area (Å²) < 4.78 is 7.92. The molecule has 1 unspecified atom stereocenters. The zero-order valence-corrected chi connectivity index (χ0v) is 13.1. The van der Waals surface area contributed by atoms with Gasteiger partial charge in [-0.05, 0) is 24.3 Å². The first-order chi connectivity index (χ1) is 10.8. The molecule has 3 aromatic heterocycles. The molecule has 0 radical (unpaired) electrons. The van der Waals surface area contributed by atoms with Gasteiger partial charge in [0.1, 0.15) is 23.0 Å². The van der Waals surface area contributed by atoms with Crippen LogP contribution in [0.2, 0.25) is 0 Å². The Balaban J connectivity index is 1.63. The van der Waals surface area contributed by atoms with Gasteiger partial charge in [-0.3, -0.25) is 4.79 Å². The molecule has 1 atom stereocenters. The number of thiophene rings is 1. The maximum Gasteiger partial charge on any atom is 0.248 e. The summed E-state index contributed by atoms with van der Waals surface area (Å²) in [7, 11) is 0. The van der Waals surface area contributed by atoms with Gasteiger partial charge in [-0.25, -0.2) is 9.97 Å². The SMILES string of the molecule is O=C(Nc1cnsn1)C1CCCN1c1ncnc2sccc12. The van der Waals surface area contributed by atoms with Gasteiger partial charge in [0, 0.05) is 6.54 Å². The summed E-state index contributed by atoms with van der Waals surface area (Å²) in [6, 6.07) is 1.77. The minimum absolute atomic E-state index is 0.0628. The fourth-order valence-corrected chi connectivity index (χ4v) is 3.83. The molecule has 3 aromatic rings. The Bertz CT molecular complexity index is 802. The molecule has 0 saturated carbocycles. The van der Waals surface area contributed by atoms with Gasteiger partial charge in [-0.1, -0.05) is 0 Å². The molecule has 1 fully saturated rings. The zero-order valence-electron chi connectivity index (χ0n) is 11.5. The number of fused-ring (bicyclic) bond motifs is 1. The molecule has 1 aliphatic rings. The molecule has 0 aromatic carbocycles. The lowest BCUT2D eigenvalue weighted by Gasteiger charge is -2.24. The summed E-state index contributed by atoms with van der Waals surface area (Å²) >= 11 is 2.66. The van der Waals surface area contributed by atoms with E-state index in [1.54, 1.807) is 23.9 Å². The van der Waals surface area contributed by atoms with Gasteiger partial charge in [0.15, 0.2) is 5.82 Å². The van der Waals surface area contributed by atoms with Gasteiger partial charge < -0.3 is 10.2 Å². The predicted octanol–water partition coefficient (Wildman–Crippen LogP) is 2.15. The van der Waals surface area contributed by atoms with Crippen LogP contribution in [-0.2, 0) is 4.79 Å². The highest BCUT2D eigenvalue weighted by atomic mass is 32.1. The highest BCUT2D eigenvalue weighted by Gasteiger charge is 2.33. The number of hydrogen-bond donors (Lipinski definition) is 1. The van der Waals surface area contributed by atoms with Crippen molar-refractivity contribution in [1.29, 1.82) is 0 Å². The van der Waals surface area contributed by atoms with Gasteiger partial charge >= 0.3 is 0 Å². The van der Waals surface area contributed by atoms with E-state index in [0.717, 1.165) is 47.1 Å². The smallest absolute Gasteiger partial charge is 0.248 e. The molecule has 1 saturated heterocycles. The molecule has 0 bridgehead atoms. The molecule has 9 heteroatoms. The first-order valence-corrected chi connectivity index (χ1v) is 8.47. The second-order valence-corrected chi connectivity index (χ2v) is 6.42. The van der Waals surface area contributed by atoms with Crippen LogP contribution in [0.15, 0.2) is 24.0 Å². The standard InChI is InChI=1S/C13H12N6OS2/c20-12(17-10-6-16-22-18-10)9-2-1-4-19(9)11-8-3-5-21-13(8)15-7-14-11/h3,5-7,9H,1-2,4H2,(H,17,18,20). The average Bonchev–Trinajstić information content (AvgIpc) is 3.27. The summed E-state index contributed by atoms with van der Waals surface area (Å²) in [6.07, 6.45) is 4.89. The molecule has 1 amide bonds. The van der Waals surface area contributed by atoms with Crippen molar-refractivity contribution >= 4 is 50.8 Å². The van der Waals surface area contributed by atoms with Crippen LogP contribution in [0.1, 0.15) is 12.8 Å². The maximum atomic E-state index is 12.5. The van der Waals surface area contributed by atoms with E-state index in [2.05, 4.69) is 28.9 Å². The molecule has 4 heterocycles. The van der Waals surface area contributed by atoms with E-state index in [4.69, 9.17) is 0 Å². The quantitative estimate of drug-likeness (QED) is 0.791. The van der Waals surface area contributed by atoms with Gasteiger partial charge in [-0.2, -0.15) is 8.75 Å². The lowest BCUT2D eigenvalue weighted by atomic mass is 10.2. The van der Waals surface area contributed by atoms with E-state index in [-0.39, 0.29) is 11.9 Å². The van der Waals surface area contributed by atoms with E-state index in [9.17, 15) is 4.79 Å². The Labute approximate surface area is 134 Å². The van der Waals surface area contributed by atoms with E-state index in [1.807, 2.05) is 11.4 Å². The highest BCUT2D eigenvalue weighted by molar-refractivity contribution is 7.16. The summed E-state index contributed by atoms with van der Waals surface area (Å²) in [5.41, 5.74) is 0. The Morgan fingerprint density at radius 1 is 1.41 bits per heavy atom. The molecule has 22 heavy (non-hydrogen) atoms. The van der Waals surface area contributed by atoms with E-state index >= 15 is 0 Å². The third-order valence-electron chi connectivity index (χ3n) is 3.68. The second-order valence-electron chi connectivity index (χ2n) is 4.97. The van der Waals surface area contributed by atoms with Crippen LogP contribution in [0.5, 0.6) is 0 Å². The number of hydrogen-bond acceptors (Lipinski definition) is 8. The van der Waals surface area contributed by atoms with Crippen LogP contribution in [0.3, 0.4) is 0 Å². The van der Waals surface area contributed by atoms with E-state index in [0.29, 0.717) is 5.82 Å². The number of anilines is 2. The maximum absolute atomic E-state index is 12.5. The van der Waals surface area contributed by atoms with Gasteiger partial charge in [0.05, 0.1) is 23.3 Å². The molecule has 0 spiro atoms. The summed E-state index contributed by atoms with van der Waals surface area (Å²) in [5.74, 6) is 1.28. The fraction of sp³-hybridized carbons (Fsp3) is 0.308. The largest absolute Gasteiger partial charge is 0.344 e. The highest BCUT2D eigenvalue weighted by Crippen LogP contribution is 2.31. The first kappa shape index (κ1) is 13.5. The lowest BCUT2D eigenvalue weighted by Crippen LogP contribution is -2.40. The molecule has 112 valence electrons. The van der Waals surface area contributed by atoms with E-state index < -0.39 is 0 Å². The van der Waals surface area contributed by atoms with Crippen LogP contribution < -0.4 is 10.2 Å². The third kappa shape index (κ3) is 2.32. The normalized spacial score (nSPS) is 18.0. The van der Waals surface area contributed by atoms with Crippen molar-refractivity contribution in [3.8, 4) is 0 Å². The minimum Gasteiger partial charge on any atom is -0.344 e. The van der Waals surface area contributed by atoms with Crippen molar-refractivity contribution in [3.05, 3.63) is 24.0 Å². The lowest BCUT2D eigenvalue weighted by molar-refractivity contribution is -0.117. The van der Waals surface area contributed by atoms with Gasteiger partial charge in [0.2, 0.25) is 5.91 Å². The molecule has 7 nitrogen and oxygen atoms in total. The number of nitrogens with zero attached hydrogens (tertiary/aromatic N) is 5.